The van der Waals surface area contributed by atoms with E-state index in [2.05, 4.69) is 5.32 Å². The Balaban J connectivity index is 2.27. The van der Waals surface area contributed by atoms with Crippen molar-refractivity contribution in [3.8, 4) is 0 Å². The minimum atomic E-state index is -4.34. The van der Waals surface area contributed by atoms with Crippen LogP contribution in [-0.4, -0.2) is 39.0 Å². The third-order valence-corrected chi connectivity index (χ3v) is 4.35. The van der Waals surface area contributed by atoms with E-state index in [1.165, 1.54) is 6.92 Å². The van der Waals surface area contributed by atoms with Crippen molar-refractivity contribution in [3.05, 3.63) is 0 Å². The first-order valence-electron chi connectivity index (χ1n) is 5.49. The summed E-state index contributed by atoms with van der Waals surface area (Å²) in [6.45, 7) is 1.15. The third kappa shape index (κ3) is 6.23. The average molecular weight is 274 g/mol. The van der Waals surface area contributed by atoms with Gasteiger partial charge in [-0.3, -0.25) is 0 Å². The smallest absolute Gasteiger partial charge is 0.313 e. The summed E-state index contributed by atoms with van der Waals surface area (Å²) in [6.07, 6.45) is -3.41. The fourth-order valence-corrected chi connectivity index (χ4v) is 2.19. The zero-order valence-corrected chi connectivity index (χ0v) is 10.4. The highest BCUT2D eigenvalue weighted by Gasteiger charge is 2.29. The molecule has 0 spiro atoms. The minimum absolute atomic E-state index is 0.270. The second kappa shape index (κ2) is 5.53. The van der Waals surface area contributed by atoms with Crippen LogP contribution < -0.4 is 10.0 Å². The molecule has 0 amide bonds. The van der Waals surface area contributed by atoms with Crippen LogP contribution in [0.1, 0.15) is 26.2 Å². The predicted molar refractivity (Wildman–Crippen MR) is 58.1 cm³/mol. The summed E-state index contributed by atoms with van der Waals surface area (Å²) in [5.41, 5.74) is 0. The maximum atomic E-state index is 11.8. The lowest BCUT2D eigenvalue weighted by atomic mass is 10.4. The Bertz CT molecular complexity index is 339. The van der Waals surface area contributed by atoms with Crippen molar-refractivity contribution < 1.29 is 21.6 Å². The van der Waals surface area contributed by atoms with Crippen LogP contribution in [0, 0.1) is 0 Å². The van der Waals surface area contributed by atoms with Gasteiger partial charge in [-0.25, -0.2) is 13.1 Å². The Labute approximate surface area is 99.0 Å². The van der Waals surface area contributed by atoms with E-state index in [0.717, 1.165) is 12.8 Å². The third-order valence-electron chi connectivity index (χ3n) is 2.51. The molecule has 0 bridgehead atoms. The molecule has 1 atom stereocenters. The summed E-state index contributed by atoms with van der Waals surface area (Å²) in [7, 11) is -3.66. The maximum absolute atomic E-state index is 11.8. The monoisotopic (exact) mass is 274 g/mol. The fraction of sp³-hybridized carbons (Fsp3) is 1.00. The molecule has 1 saturated carbocycles. The molecular weight excluding hydrogens is 257 g/mol. The minimum Gasteiger partial charge on any atom is -0.313 e. The van der Waals surface area contributed by atoms with Gasteiger partial charge in [0.25, 0.3) is 0 Å². The van der Waals surface area contributed by atoms with Crippen LogP contribution in [0.25, 0.3) is 0 Å². The summed E-state index contributed by atoms with van der Waals surface area (Å²) < 4.78 is 60.6. The van der Waals surface area contributed by atoms with Crippen molar-refractivity contribution >= 4 is 10.0 Å². The van der Waals surface area contributed by atoms with Crippen LogP contribution in [0.4, 0.5) is 13.2 Å². The predicted octanol–water partition coefficient (Wildman–Crippen LogP) is 0.999. The number of alkyl halides is 3. The lowest BCUT2D eigenvalue weighted by Gasteiger charge is -2.15. The van der Waals surface area contributed by atoms with Gasteiger partial charge in [-0.05, 0) is 19.8 Å². The molecule has 102 valence electrons. The SMILES string of the molecule is CC(CNC1CC1)S(=O)(=O)NCCC(F)(F)F. The van der Waals surface area contributed by atoms with Crippen molar-refractivity contribution in [2.75, 3.05) is 13.1 Å². The molecule has 1 fully saturated rings. The zero-order valence-electron chi connectivity index (χ0n) is 9.55. The van der Waals surface area contributed by atoms with Gasteiger partial charge >= 0.3 is 6.18 Å². The Morgan fingerprint density at radius 3 is 2.41 bits per heavy atom. The van der Waals surface area contributed by atoms with Crippen molar-refractivity contribution in [1.29, 1.82) is 0 Å². The largest absolute Gasteiger partial charge is 0.390 e. The number of rotatable bonds is 7. The van der Waals surface area contributed by atoms with Gasteiger partial charge in [0, 0.05) is 19.1 Å². The molecule has 1 aliphatic rings. The van der Waals surface area contributed by atoms with Gasteiger partial charge in [0.05, 0.1) is 11.7 Å². The van der Waals surface area contributed by atoms with Gasteiger partial charge in [0.2, 0.25) is 10.0 Å². The first kappa shape index (κ1) is 14.7. The molecule has 17 heavy (non-hydrogen) atoms. The van der Waals surface area contributed by atoms with E-state index in [1.807, 2.05) is 4.72 Å². The van der Waals surface area contributed by atoms with E-state index < -0.39 is 34.4 Å². The second-order valence-corrected chi connectivity index (χ2v) is 6.48. The maximum Gasteiger partial charge on any atom is 0.390 e. The number of halogens is 3. The molecular formula is C9H17F3N2O2S. The topological polar surface area (TPSA) is 58.2 Å². The molecule has 0 radical (unpaired) electrons. The molecule has 0 aromatic rings. The molecule has 1 rings (SSSR count). The molecule has 0 heterocycles. The molecule has 0 aliphatic heterocycles. The fourth-order valence-electron chi connectivity index (χ4n) is 1.21. The van der Waals surface area contributed by atoms with E-state index in [0.29, 0.717) is 6.04 Å². The number of nitrogens with one attached hydrogen (secondary N) is 2. The highest BCUT2D eigenvalue weighted by atomic mass is 32.2. The van der Waals surface area contributed by atoms with Crippen molar-refractivity contribution in [3.63, 3.8) is 0 Å². The van der Waals surface area contributed by atoms with Crippen LogP contribution in [0.3, 0.4) is 0 Å². The standard InChI is InChI=1S/C9H17F3N2O2S/c1-7(6-13-8-2-3-8)17(15,16)14-5-4-9(10,11)12/h7-8,13-14H,2-6H2,1H3. The Morgan fingerprint density at radius 2 is 1.94 bits per heavy atom. The molecule has 0 saturated heterocycles. The van der Waals surface area contributed by atoms with E-state index in [4.69, 9.17) is 0 Å². The summed E-state index contributed by atoms with van der Waals surface area (Å²) >= 11 is 0. The van der Waals surface area contributed by atoms with Gasteiger partial charge in [0.1, 0.15) is 0 Å². The summed E-state index contributed by atoms with van der Waals surface area (Å²) in [5, 5.41) is 2.30. The zero-order chi connectivity index (χ0) is 13.1. The van der Waals surface area contributed by atoms with Gasteiger partial charge in [-0.1, -0.05) is 0 Å². The highest BCUT2D eigenvalue weighted by Crippen LogP contribution is 2.19. The van der Waals surface area contributed by atoms with Gasteiger partial charge in [0.15, 0.2) is 0 Å². The Morgan fingerprint density at radius 1 is 1.35 bits per heavy atom. The quantitative estimate of drug-likeness (QED) is 0.728. The Hall–Kier alpha value is -0.340. The molecule has 2 N–H and O–H groups in total. The van der Waals surface area contributed by atoms with Crippen LogP contribution in [0.5, 0.6) is 0 Å². The van der Waals surface area contributed by atoms with Crippen LogP contribution >= 0.6 is 0 Å². The van der Waals surface area contributed by atoms with Crippen LogP contribution in [-0.2, 0) is 10.0 Å². The first-order chi connectivity index (χ1) is 7.71. The van der Waals surface area contributed by atoms with E-state index in [1.54, 1.807) is 0 Å². The first-order valence-corrected chi connectivity index (χ1v) is 7.04. The molecule has 0 aromatic carbocycles. The molecule has 8 heteroatoms. The van der Waals surface area contributed by atoms with E-state index in [-0.39, 0.29) is 6.54 Å². The van der Waals surface area contributed by atoms with Crippen LogP contribution in [0.15, 0.2) is 0 Å². The average Bonchev–Trinajstić information content (AvgIpc) is 2.94. The summed E-state index contributed by atoms with van der Waals surface area (Å²) in [4.78, 5) is 0. The van der Waals surface area contributed by atoms with Gasteiger partial charge in [-0.15, -0.1) is 0 Å². The van der Waals surface area contributed by atoms with Crippen molar-refractivity contribution in [1.82, 2.24) is 10.0 Å². The molecule has 1 aliphatic carbocycles. The number of sulfonamides is 1. The van der Waals surface area contributed by atoms with E-state index >= 15 is 0 Å². The lowest BCUT2D eigenvalue weighted by Crippen LogP contribution is -2.40. The summed E-state index contributed by atoms with van der Waals surface area (Å²) in [6, 6.07) is 0.378. The van der Waals surface area contributed by atoms with Crippen molar-refractivity contribution in [2.45, 2.75) is 43.7 Å². The lowest BCUT2D eigenvalue weighted by molar-refractivity contribution is -0.132. The van der Waals surface area contributed by atoms with Gasteiger partial charge < -0.3 is 5.32 Å². The molecule has 4 nitrogen and oxygen atoms in total. The van der Waals surface area contributed by atoms with E-state index in [9.17, 15) is 21.6 Å². The number of hydrogen-bond donors (Lipinski definition) is 2. The molecule has 0 aromatic heterocycles. The highest BCUT2D eigenvalue weighted by molar-refractivity contribution is 7.90. The number of hydrogen-bond acceptors (Lipinski definition) is 3. The van der Waals surface area contributed by atoms with Crippen LogP contribution in [0.2, 0.25) is 0 Å². The van der Waals surface area contributed by atoms with Crippen molar-refractivity contribution in [2.24, 2.45) is 0 Å². The molecule has 1 unspecified atom stereocenters. The van der Waals surface area contributed by atoms with Gasteiger partial charge in [-0.2, -0.15) is 13.2 Å². The normalized spacial score (nSPS) is 19.3. The second-order valence-electron chi connectivity index (χ2n) is 4.30. The Kier molecular flexibility index (Phi) is 4.79. The summed E-state index contributed by atoms with van der Waals surface area (Å²) in [5.74, 6) is 0.